The normalized spacial score (nSPS) is 36.8. The molecule has 3 fully saturated rings. The largest absolute Gasteiger partial charge is 0.458 e. The topological polar surface area (TPSA) is 102 Å². The van der Waals surface area contributed by atoms with E-state index in [4.69, 9.17) is 25.8 Å². The van der Waals surface area contributed by atoms with Crippen LogP contribution in [0.15, 0.2) is 30.3 Å². The van der Waals surface area contributed by atoms with E-state index in [1.807, 2.05) is 19.9 Å². The summed E-state index contributed by atoms with van der Waals surface area (Å²) in [6, 6.07) is 8.79. The molecule has 2 N–H and O–H groups in total. The molecule has 8 heteroatoms. The molecular formula is C25H33ClO7. The number of halogens is 1. The van der Waals surface area contributed by atoms with Crippen LogP contribution in [0, 0.1) is 23.7 Å². The molecular weight excluding hydrogens is 448 g/mol. The first-order chi connectivity index (χ1) is 15.7. The number of alkyl halides is 1. The average Bonchev–Trinajstić information content (AvgIpc) is 3.36. The van der Waals surface area contributed by atoms with Crippen LogP contribution in [0.25, 0.3) is 0 Å². The molecule has 0 aromatic heterocycles. The van der Waals surface area contributed by atoms with E-state index in [9.17, 15) is 19.8 Å². The third kappa shape index (κ3) is 4.29. The Hall–Kier alpha value is -1.67. The maximum Gasteiger partial charge on any atom is 0.332 e. The summed E-state index contributed by atoms with van der Waals surface area (Å²) in [4.78, 5) is 25.1. The van der Waals surface area contributed by atoms with Crippen molar-refractivity contribution >= 4 is 23.5 Å². The van der Waals surface area contributed by atoms with Crippen LogP contribution in [0.4, 0.5) is 0 Å². The third-order valence-corrected chi connectivity index (χ3v) is 8.29. The summed E-state index contributed by atoms with van der Waals surface area (Å²) in [5.74, 6) is -1.01. The molecule has 0 spiro atoms. The number of benzene rings is 1. The molecule has 1 aromatic rings. The maximum absolute atomic E-state index is 13.2. The van der Waals surface area contributed by atoms with Crippen LogP contribution in [0.1, 0.15) is 51.7 Å². The Bertz CT molecular complexity index is 862. The van der Waals surface area contributed by atoms with Crippen LogP contribution in [-0.2, 0) is 23.8 Å². The third-order valence-electron chi connectivity index (χ3n) is 7.88. The predicted molar refractivity (Wildman–Crippen MR) is 120 cm³/mol. The van der Waals surface area contributed by atoms with Crippen molar-refractivity contribution < 1.29 is 34.0 Å². The van der Waals surface area contributed by atoms with Crippen molar-refractivity contribution in [2.75, 3.05) is 6.61 Å². The fourth-order valence-corrected chi connectivity index (χ4v) is 6.38. The number of aliphatic hydroxyl groups excluding tert-OH is 2. The molecule has 0 amide bonds. The second-order valence-corrected chi connectivity index (χ2v) is 10.5. The first-order valence-electron chi connectivity index (χ1n) is 11.7. The highest BCUT2D eigenvalue weighted by Crippen LogP contribution is 2.58. The Morgan fingerprint density at radius 3 is 2.55 bits per heavy atom. The van der Waals surface area contributed by atoms with E-state index in [0.29, 0.717) is 12.0 Å². The molecule has 1 aliphatic carbocycles. The molecule has 4 rings (SSSR count). The van der Waals surface area contributed by atoms with Crippen molar-refractivity contribution in [2.45, 2.75) is 75.4 Å². The Balaban J connectivity index is 1.61. The van der Waals surface area contributed by atoms with Gasteiger partial charge in [0, 0.05) is 12.3 Å². The minimum atomic E-state index is -1.27. The number of esters is 2. The van der Waals surface area contributed by atoms with Gasteiger partial charge in [-0.1, -0.05) is 51.1 Å². The van der Waals surface area contributed by atoms with Gasteiger partial charge in [-0.05, 0) is 36.2 Å². The molecule has 33 heavy (non-hydrogen) atoms. The SMILES string of the molecule is CC1CCC2C3OC(C(C)C)(CC3OC(=O)CO)C(OC(=O)C(Cl)C(O)c3ccccc3)C12. The summed E-state index contributed by atoms with van der Waals surface area (Å²) < 4.78 is 18.2. The standard InChI is InChI=1S/C25H33ClO7/c1-13(2)25-11-17(31-18(28)12-27)22(33-25)16-10-9-14(3)19(16)23(25)32-24(30)20(26)21(29)15-7-5-4-6-8-15/h4-8,13-14,16-17,19-23,27,29H,9-12H2,1-3H3. The van der Waals surface area contributed by atoms with Crippen LogP contribution < -0.4 is 0 Å². The number of carbonyl (C=O) groups excluding carboxylic acids is 2. The summed E-state index contributed by atoms with van der Waals surface area (Å²) in [6.07, 6.45) is -0.369. The lowest BCUT2D eigenvalue weighted by Gasteiger charge is -2.49. The second-order valence-electron chi connectivity index (χ2n) is 9.99. The van der Waals surface area contributed by atoms with Gasteiger partial charge in [-0.15, -0.1) is 11.6 Å². The average molecular weight is 481 g/mol. The number of fused-ring (bicyclic) bond motifs is 4. The molecule has 0 radical (unpaired) electrons. The number of carbonyl (C=O) groups is 2. The van der Waals surface area contributed by atoms with E-state index in [0.717, 1.165) is 12.8 Å². The molecule has 1 saturated carbocycles. The van der Waals surface area contributed by atoms with Gasteiger partial charge < -0.3 is 24.4 Å². The quantitative estimate of drug-likeness (QED) is 0.456. The molecule has 9 atom stereocenters. The Morgan fingerprint density at radius 2 is 1.91 bits per heavy atom. The van der Waals surface area contributed by atoms with Gasteiger partial charge >= 0.3 is 11.9 Å². The van der Waals surface area contributed by atoms with E-state index in [1.165, 1.54) is 0 Å². The molecule has 3 aliphatic rings. The van der Waals surface area contributed by atoms with Crippen LogP contribution in [0.5, 0.6) is 0 Å². The summed E-state index contributed by atoms with van der Waals surface area (Å²) in [5.41, 5.74) is -0.300. The molecule has 2 heterocycles. The number of aliphatic hydroxyl groups is 2. The first kappa shape index (κ1) is 24.5. The summed E-state index contributed by atoms with van der Waals surface area (Å²) in [5, 5.41) is 18.6. The Morgan fingerprint density at radius 1 is 1.21 bits per heavy atom. The van der Waals surface area contributed by atoms with Crippen molar-refractivity contribution in [3.63, 3.8) is 0 Å². The number of hydrogen-bond acceptors (Lipinski definition) is 7. The van der Waals surface area contributed by atoms with E-state index in [1.54, 1.807) is 24.3 Å². The van der Waals surface area contributed by atoms with E-state index in [-0.39, 0.29) is 29.8 Å². The number of hydrogen-bond donors (Lipinski definition) is 2. The van der Waals surface area contributed by atoms with Crippen molar-refractivity contribution in [3.8, 4) is 0 Å². The predicted octanol–water partition coefficient (Wildman–Crippen LogP) is 3.00. The lowest BCUT2D eigenvalue weighted by molar-refractivity contribution is -0.234. The van der Waals surface area contributed by atoms with Gasteiger partial charge in [-0.2, -0.15) is 0 Å². The Labute approximate surface area is 199 Å². The fraction of sp³-hybridized carbons (Fsp3) is 0.680. The molecule has 2 saturated heterocycles. The summed E-state index contributed by atoms with van der Waals surface area (Å²) >= 11 is 6.39. The summed E-state index contributed by atoms with van der Waals surface area (Å²) in [6.45, 7) is 5.47. The monoisotopic (exact) mass is 480 g/mol. The van der Waals surface area contributed by atoms with Gasteiger partial charge in [0.05, 0.1) is 6.10 Å². The van der Waals surface area contributed by atoms with Gasteiger partial charge in [0.15, 0.2) is 5.38 Å². The maximum atomic E-state index is 13.2. The van der Waals surface area contributed by atoms with Gasteiger partial charge in [-0.3, -0.25) is 4.79 Å². The van der Waals surface area contributed by atoms with Crippen molar-refractivity contribution in [2.24, 2.45) is 23.7 Å². The van der Waals surface area contributed by atoms with Gasteiger partial charge in [-0.25, -0.2) is 4.79 Å². The number of rotatable bonds is 7. The van der Waals surface area contributed by atoms with Gasteiger partial charge in [0.2, 0.25) is 0 Å². The highest BCUT2D eigenvalue weighted by atomic mass is 35.5. The van der Waals surface area contributed by atoms with Gasteiger partial charge in [0.1, 0.15) is 30.5 Å². The van der Waals surface area contributed by atoms with E-state index < -0.39 is 47.8 Å². The zero-order valence-corrected chi connectivity index (χ0v) is 20.0. The number of ether oxygens (including phenoxy) is 3. The molecule has 1 aromatic carbocycles. The van der Waals surface area contributed by atoms with Crippen molar-refractivity contribution in [1.82, 2.24) is 0 Å². The van der Waals surface area contributed by atoms with Crippen LogP contribution >= 0.6 is 11.6 Å². The zero-order chi connectivity index (χ0) is 23.9. The minimum absolute atomic E-state index is 0.0304. The molecule has 9 unspecified atom stereocenters. The van der Waals surface area contributed by atoms with Crippen LogP contribution in [0.2, 0.25) is 0 Å². The molecule has 182 valence electrons. The lowest BCUT2D eigenvalue weighted by atomic mass is 9.72. The first-order valence-corrected chi connectivity index (χ1v) is 12.2. The summed E-state index contributed by atoms with van der Waals surface area (Å²) in [7, 11) is 0. The van der Waals surface area contributed by atoms with E-state index in [2.05, 4.69) is 6.92 Å². The van der Waals surface area contributed by atoms with Crippen LogP contribution in [0.3, 0.4) is 0 Å². The fourth-order valence-electron chi connectivity index (χ4n) is 6.18. The van der Waals surface area contributed by atoms with E-state index >= 15 is 0 Å². The molecule has 2 bridgehead atoms. The lowest BCUT2D eigenvalue weighted by Crippen LogP contribution is -2.59. The zero-order valence-electron chi connectivity index (χ0n) is 19.2. The second kappa shape index (κ2) is 9.53. The molecule has 2 aliphatic heterocycles. The van der Waals surface area contributed by atoms with Crippen molar-refractivity contribution in [1.29, 1.82) is 0 Å². The van der Waals surface area contributed by atoms with Crippen molar-refractivity contribution in [3.05, 3.63) is 35.9 Å². The smallest absolute Gasteiger partial charge is 0.332 e. The highest BCUT2D eigenvalue weighted by molar-refractivity contribution is 6.30. The highest BCUT2D eigenvalue weighted by Gasteiger charge is 2.67. The molecule has 7 nitrogen and oxygen atoms in total. The minimum Gasteiger partial charge on any atom is -0.458 e. The van der Waals surface area contributed by atoms with Gasteiger partial charge in [0.25, 0.3) is 0 Å². The van der Waals surface area contributed by atoms with Crippen LogP contribution in [-0.4, -0.2) is 58.0 Å². The Kier molecular flexibility index (Phi) is 7.06.